The van der Waals surface area contributed by atoms with Gasteiger partial charge in [-0.25, -0.2) is 8.78 Å². The molecule has 7 heteroatoms. The van der Waals surface area contributed by atoms with Crippen molar-refractivity contribution < 1.29 is 32.5 Å². The van der Waals surface area contributed by atoms with Crippen LogP contribution >= 0.6 is 0 Å². The first-order valence-electron chi connectivity index (χ1n) is 9.47. The van der Waals surface area contributed by atoms with Crippen molar-refractivity contribution in [3.8, 4) is 17.2 Å². The van der Waals surface area contributed by atoms with Gasteiger partial charge >= 0.3 is 0 Å². The number of benzene rings is 2. The average molecular weight is 410 g/mol. The van der Waals surface area contributed by atoms with E-state index in [4.69, 9.17) is 9.47 Å². The lowest BCUT2D eigenvalue weighted by molar-refractivity contribution is 0.0965. The topological polar surface area (TPSA) is 55.8 Å². The third kappa shape index (κ3) is 5.89. The third-order valence-corrected chi connectivity index (χ3v) is 4.33. The SMILES string of the molecule is Cc1c(OCCCCOc2ccc(F)c(F)c2F)ccc(C(=O)CC(C)C)c1O. The summed E-state index contributed by atoms with van der Waals surface area (Å²) in [6, 6.07) is 5.05. The highest BCUT2D eigenvalue weighted by Gasteiger charge is 2.17. The quantitative estimate of drug-likeness (QED) is 0.315. The molecule has 29 heavy (non-hydrogen) atoms. The Morgan fingerprint density at radius 3 is 2.17 bits per heavy atom. The molecule has 2 aromatic carbocycles. The second-order valence-corrected chi connectivity index (χ2v) is 7.18. The maximum Gasteiger partial charge on any atom is 0.203 e. The number of hydrogen-bond acceptors (Lipinski definition) is 4. The van der Waals surface area contributed by atoms with E-state index in [0.29, 0.717) is 37.2 Å². The van der Waals surface area contributed by atoms with Crippen LogP contribution in [0.5, 0.6) is 17.2 Å². The molecule has 0 aliphatic heterocycles. The van der Waals surface area contributed by atoms with E-state index in [9.17, 15) is 23.1 Å². The molecule has 0 unspecified atom stereocenters. The van der Waals surface area contributed by atoms with Gasteiger partial charge in [0.15, 0.2) is 23.2 Å². The van der Waals surface area contributed by atoms with Crippen LogP contribution in [0.15, 0.2) is 24.3 Å². The Labute approximate surface area is 168 Å². The van der Waals surface area contributed by atoms with Crippen LogP contribution in [0.25, 0.3) is 0 Å². The molecule has 158 valence electrons. The van der Waals surface area contributed by atoms with Gasteiger partial charge in [0.1, 0.15) is 11.5 Å². The van der Waals surface area contributed by atoms with E-state index in [1.54, 1.807) is 19.1 Å². The fraction of sp³-hybridized carbons (Fsp3) is 0.409. The van der Waals surface area contributed by atoms with Crippen LogP contribution in [0.2, 0.25) is 0 Å². The van der Waals surface area contributed by atoms with E-state index in [2.05, 4.69) is 0 Å². The summed E-state index contributed by atoms with van der Waals surface area (Å²) in [5.41, 5.74) is 0.769. The van der Waals surface area contributed by atoms with Crippen molar-refractivity contribution in [3.05, 3.63) is 52.8 Å². The van der Waals surface area contributed by atoms with Gasteiger partial charge in [0.2, 0.25) is 5.82 Å². The summed E-state index contributed by atoms with van der Waals surface area (Å²) in [5, 5.41) is 10.3. The molecular weight excluding hydrogens is 385 g/mol. The number of ketones is 1. The number of carbonyl (C=O) groups is 1. The Bertz CT molecular complexity index is 866. The Kier molecular flexibility index (Phi) is 7.93. The summed E-state index contributed by atoms with van der Waals surface area (Å²) in [5.74, 6) is -4.04. The number of hydrogen-bond donors (Lipinski definition) is 1. The summed E-state index contributed by atoms with van der Waals surface area (Å²) < 4.78 is 50.2. The largest absolute Gasteiger partial charge is 0.507 e. The molecule has 0 aliphatic carbocycles. The molecule has 0 bridgehead atoms. The molecular formula is C22H25F3O4. The molecule has 0 spiro atoms. The maximum atomic E-state index is 13.5. The van der Waals surface area contributed by atoms with E-state index < -0.39 is 17.5 Å². The number of unbranched alkanes of at least 4 members (excludes halogenated alkanes) is 1. The number of Topliss-reactive ketones (excluding diaryl/α,β-unsaturated/α-hetero) is 1. The predicted molar refractivity (Wildman–Crippen MR) is 103 cm³/mol. The normalized spacial score (nSPS) is 11.0. The number of aromatic hydroxyl groups is 1. The van der Waals surface area contributed by atoms with Crippen LogP contribution in [-0.4, -0.2) is 24.1 Å². The molecule has 0 aromatic heterocycles. The number of halogens is 3. The van der Waals surface area contributed by atoms with Crippen LogP contribution in [0.4, 0.5) is 13.2 Å². The standard InChI is InChI=1S/C22H25F3O4/c1-13(2)12-17(26)15-6-8-18(14(3)22(15)27)28-10-4-5-11-29-19-9-7-16(23)20(24)21(19)25/h6-9,13,27H,4-5,10-12H2,1-3H3. The zero-order valence-electron chi connectivity index (χ0n) is 16.7. The fourth-order valence-corrected chi connectivity index (χ4v) is 2.73. The minimum atomic E-state index is -1.56. The van der Waals surface area contributed by atoms with Gasteiger partial charge in [-0.2, -0.15) is 4.39 Å². The lowest BCUT2D eigenvalue weighted by Crippen LogP contribution is -2.07. The molecule has 1 N–H and O–H groups in total. The number of carbonyl (C=O) groups excluding carboxylic acids is 1. The average Bonchev–Trinajstić information content (AvgIpc) is 2.66. The van der Waals surface area contributed by atoms with Crippen molar-refractivity contribution >= 4 is 5.78 Å². The first-order valence-corrected chi connectivity index (χ1v) is 9.47. The number of phenols is 1. The van der Waals surface area contributed by atoms with Crippen molar-refractivity contribution in [1.82, 2.24) is 0 Å². The second-order valence-electron chi connectivity index (χ2n) is 7.18. The van der Waals surface area contributed by atoms with Gasteiger partial charge in [0.25, 0.3) is 0 Å². The van der Waals surface area contributed by atoms with Gasteiger partial charge in [0.05, 0.1) is 18.8 Å². The number of phenolic OH excluding ortho intramolecular Hbond substituents is 1. The first kappa shape index (κ1) is 22.6. The van der Waals surface area contributed by atoms with Crippen LogP contribution in [0.3, 0.4) is 0 Å². The minimum absolute atomic E-state index is 0.0784. The highest BCUT2D eigenvalue weighted by Crippen LogP contribution is 2.32. The molecule has 4 nitrogen and oxygen atoms in total. The van der Waals surface area contributed by atoms with E-state index in [1.807, 2.05) is 13.8 Å². The highest BCUT2D eigenvalue weighted by atomic mass is 19.2. The lowest BCUT2D eigenvalue weighted by atomic mass is 9.98. The lowest BCUT2D eigenvalue weighted by Gasteiger charge is -2.13. The van der Waals surface area contributed by atoms with Gasteiger partial charge in [0, 0.05) is 12.0 Å². The van der Waals surface area contributed by atoms with Crippen LogP contribution < -0.4 is 9.47 Å². The van der Waals surface area contributed by atoms with Crippen LogP contribution in [0, 0.1) is 30.3 Å². The van der Waals surface area contributed by atoms with Crippen LogP contribution in [0.1, 0.15) is 49.0 Å². The summed E-state index contributed by atoms with van der Waals surface area (Å²) in [6.07, 6.45) is 1.40. The van der Waals surface area contributed by atoms with Crippen molar-refractivity contribution in [1.29, 1.82) is 0 Å². The predicted octanol–water partition coefficient (Wildman–Crippen LogP) is 5.58. The minimum Gasteiger partial charge on any atom is -0.507 e. The second kappa shape index (κ2) is 10.2. The molecule has 0 aliphatic rings. The van der Waals surface area contributed by atoms with E-state index >= 15 is 0 Å². The molecule has 0 amide bonds. The Morgan fingerprint density at radius 1 is 0.966 bits per heavy atom. The van der Waals surface area contributed by atoms with Gasteiger partial charge in [-0.05, 0) is 49.9 Å². The summed E-state index contributed by atoms with van der Waals surface area (Å²) in [4.78, 5) is 12.2. The molecule has 0 radical (unpaired) electrons. The van der Waals surface area contributed by atoms with Gasteiger partial charge in [-0.1, -0.05) is 13.8 Å². The van der Waals surface area contributed by atoms with Gasteiger partial charge in [-0.3, -0.25) is 4.79 Å². The molecule has 0 saturated heterocycles. The zero-order valence-corrected chi connectivity index (χ0v) is 16.7. The smallest absolute Gasteiger partial charge is 0.203 e. The number of ether oxygens (including phenoxy) is 2. The van der Waals surface area contributed by atoms with Gasteiger partial charge in [-0.15, -0.1) is 0 Å². The first-order chi connectivity index (χ1) is 13.7. The van der Waals surface area contributed by atoms with E-state index in [1.165, 1.54) is 0 Å². The molecule has 0 saturated carbocycles. The summed E-state index contributed by atoms with van der Waals surface area (Å²) in [7, 11) is 0. The maximum absolute atomic E-state index is 13.5. The molecule has 2 rings (SSSR count). The van der Waals surface area contributed by atoms with Gasteiger partial charge < -0.3 is 14.6 Å². The Balaban J connectivity index is 1.81. The van der Waals surface area contributed by atoms with Crippen molar-refractivity contribution in [2.24, 2.45) is 5.92 Å². The fourth-order valence-electron chi connectivity index (χ4n) is 2.73. The van der Waals surface area contributed by atoms with E-state index in [-0.39, 0.29) is 35.4 Å². The monoisotopic (exact) mass is 410 g/mol. The summed E-state index contributed by atoms with van der Waals surface area (Å²) in [6.45, 7) is 5.96. The highest BCUT2D eigenvalue weighted by molar-refractivity contribution is 5.99. The zero-order chi connectivity index (χ0) is 21.6. The van der Waals surface area contributed by atoms with Crippen molar-refractivity contribution in [3.63, 3.8) is 0 Å². The van der Waals surface area contributed by atoms with Crippen molar-refractivity contribution in [2.45, 2.75) is 40.0 Å². The van der Waals surface area contributed by atoms with Crippen LogP contribution in [-0.2, 0) is 0 Å². The molecule has 0 fully saturated rings. The Hall–Kier alpha value is -2.70. The van der Waals surface area contributed by atoms with Crippen molar-refractivity contribution in [2.75, 3.05) is 13.2 Å². The summed E-state index contributed by atoms with van der Waals surface area (Å²) >= 11 is 0. The van der Waals surface area contributed by atoms with E-state index in [0.717, 1.165) is 12.1 Å². The Morgan fingerprint density at radius 2 is 1.55 bits per heavy atom. The molecule has 0 heterocycles. The third-order valence-electron chi connectivity index (χ3n) is 4.33. The molecule has 0 atom stereocenters. The molecule has 2 aromatic rings. The number of rotatable bonds is 10.